The first-order valence-electron chi connectivity index (χ1n) is 8.24. The second-order valence-corrected chi connectivity index (χ2v) is 6.79. The van der Waals surface area contributed by atoms with Crippen LogP contribution in [0.3, 0.4) is 0 Å². The van der Waals surface area contributed by atoms with Crippen LogP contribution in [0.2, 0.25) is 0 Å². The highest BCUT2D eigenvalue weighted by molar-refractivity contribution is 7.11. The summed E-state index contributed by atoms with van der Waals surface area (Å²) >= 11 is 1.50. The minimum atomic E-state index is 0.593. The van der Waals surface area contributed by atoms with E-state index < -0.39 is 0 Å². The third kappa shape index (κ3) is 4.44. The molecule has 2 heterocycles. The Kier molecular flexibility index (Phi) is 5.63. The fourth-order valence-electron chi connectivity index (χ4n) is 2.75. The van der Waals surface area contributed by atoms with Gasteiger partial charge in [0.2, 0.25) is 0 Å². The van der Waals surface area contributed by atoms with E-state index in [0.717, 1.165) is 35.2 Å². The van der Waals surface area contributed by atoms with Crippen LogP contribution in [0.5, 0.6) is 5.75 Å². The molecular formula is C19H21N3OS. The average Bonchev–Trinajstić information content (AvgIpc) is 3.26. The van der Waals surface area contributed by atoms with Crippen molar-refractivity contribution in [2.75, 3.05) is 26.2 Å². The van der Waals surface area contributed by atoms with Crippen molar-refractivity contribution < 1.29 is 4.74 Å². The van der Waals surface area contributed by atoms with Crippen molar-refractivity contribution >= 4 is 23.0 Å². The van der Waals surface area contributed by atoms with Gasteiger partial charge in [-0.3, -0.25) is 4.90 Å². The number of nitrogens with zero attached hydrogens (tertiary/aromatic N) is 3. The molecule has 0 bridgehead atoms. The van der Waals surface area contributed by atoms with Crippen molar-refractivity contribution in [1.82, 2.24) is 9.88 Å². The van der Waals surface area contributed by atoms with Gasteiger partial charge in [0.1, 0.15) is 23.4 Å². The smallest absolute Gasteiger partial charge is 0.134 e. The fourth-order valence-corrected chi connectivity index (χ4v) is 3.51. The molecule has 1 aromatic carbocycles. The maximum Gasteiger partial charge on any atom is 0.134 e. The summed E-state index contributed by atoms with van der Waals surface area (Å²) in [7, 11) is 0. The van der Waals surface area contributed by atoms with Crippen LogP contribution in [-0.2, 0) is 0 Å². The Morgan fingerprint density at radius 3 is 2.71 bits per heavy atom. The molecule has 5 heteroatoms. The summed E-state index contributed by atoms with van der Waals surface area (Å²) in [6.45, 7) is 6.03. The number of aromatic nitrogens is 1. The zero-order valence-electron chi connectivity index (χ0n) is 13.9. The number of hydrogen-bond donors (Lipinski definition) is 0. The van der Waals surface area contributed by atoms with Gasteiger partial charge < -0.3 is 4.74 Å². The minimum Gasteiger partial charge on any atom is -0.492 e. The lowest BCUT2D eigenvalue weighted by Gasteiger charge is -2.14. The summed E-state index contributed by atoms with van der Waals surface area (Å²) in [5, 5.41) is 12.1. The van der Waals surface area contributed by atoms with E-state index in [0.29, 0.717) is 5.57 Å². The van der Waals surface area contributed by atoms with E-state index in [4.69, 9.17) is 4.74 Å². The normalized spacial score (nSPS) is 15.4. The van der Waals surface area contributed by atoms with Gasteiger partial charge in [-0.25, -0.2) is 4.98 Å². The van der Waals surface area contributed by atoms with Crippen molar-refractivity contribution in [1.29, 1.82) is 5.26 Å². The second-order valence-electron chi connectivity index (χ2n) is 5.93. The van der Waals surface area contributed by atoms with Crippen LogP contribution < -0.4 is 4.74 Å². The number of thiazole rings is 1. The highest BCUT2D eigenvalue weighted by atomic mass is 32.1. The Morgan fingerprint density at radius 2 is 2.08 bits per heavy atom. The van der Waals surface area contributed by atoms with Gasteiger partial charge >= 0.3 is 0 Å². The third-order valence-corrected chi connectivity index (χ3v) is 5.03. The molecule has 0 N–H and O–H groups in total. The van der Waals surface area contributed by atoms with E-state index in [-0.39, 0.29) is 0 Å². The molecule has 1 fully saturated rings. The Hall–Kier alpha value is -2.16. The van der Waals surface area contributed by atoms with Crippen molar-refractivity contribution in [2.24, 2.45) is 0 Å². The standard InChI is InChI=1S/C19H21N3OS/c1-15-14-24-19(21-15)17(13-20)12-16-4-6-18(7-5-16)23-11-10-22-8-2-3-9-22/h4-7,12,14H,2-3,8-11H2,1H3/b17-12-. The Bertz CT molecular complexity index is 737. The molecule has 124 valence electrons. The molecule has 2 aromatic rings. The summed E-state index contributed by atoms with van der Waals surface area (Å²) < 4.78 is 5.80. The predicted molar refractivity (Wildman–Crippen MR) is 97.9 cm³/mol. The summed E-state index contributed by atoms with van der Waals surface area (Å²) in [6, 6.07) is 10.1. The first-order chi connectivity index (χ1) is 11.7. The quantitative estimate of drug-likeness (QED) is 0.747. The zero-order chi connectivity index (χ0) is 16.8. The average molecular weight is 339 g/mol. The number of aryl methyl sites for hydroxylation is 1. The lowest BCUT2D eigenvalue weighted by Crippen LogP contribution is -2.25. The maximum atomic E-state index is 9.34. The molecule has 3 rings (SSSR count). The van der Waals surface area contributed by atoms with Crippen LogP contribution in [0, 0.1) is 18.3 Å². The molecular weight excluding hydrogens is 318 g/mol. The van der Waals surface area contributed by atoms with Crippen LogP contribution in [0.25, 0.3) is 11.6 Å². The summed E-state index contributed by atoms with van der Waals surface area (Å²) in [5.74, 6) is 0.870. The molecule has 0 radical (unpaired) electrons. The van der Waals surface area contributed by atoms with Gasteiger partial charge in [-0.05, 0) is 56.6 Å². The van der Waals surface area contributed by atoms with Gasteiger partial charge in [0.05, 0.1) is 5.57 Å². The van der Waals surface area contributed by atoms with E-state index in [1.165, 1.54) is 37.3 Å². The van der Waals surface area contributed by atoms with Crippen LogP contribution in [0.15, 0.2) is 29.6 Å². The van der Waals surface area contributed by atoms with E-state index in [2.05, 4.69) is 16.0 Å². The van der Waals surface area contributed by atoms with E-state index in [9.17, 15) is 5.26 Å². The van der Waals surface area contributed by atoms with E-state index in [1.807, 2.05) is 42.6 Å². The first kappa shape index (κ1) is 16.7. The number of benzene rings is 1. The molecule has 0 atom stereocenters. The number of nitriles is 1. The topological polar surface area (TPSA) is 49.1 Å². The molecule has 1 aliphatic rings. The van der Waals surface area contributed by atoms with Gasteiger partial charge in [-0.1, -0.05) is 12.1 Å². The van der Waals surface area contributed by atoms with Gasteiger partial charge in [0.25, 0.3) is 0 Å². The molecule has 1 aromatic heterocycles. The predicted octanol–water partition coefficient (Wildman–Crippen LogP) is 3.99. The second kappa shape index (κ2) is 8.09. The van der Waals surface area contributed by atoms with Gasteiger partial charge in [-0.15, -0.1) is 11.3 Å². The van der Waals surface area contributed by atoms with Crippen LogP contribution in [-0.4, -0.2) is 36.1 Å². The monoisotopic (exact) mass is 339 g/mol. The molecule has 0 aliphatic carbocycles. The van der Waals surface area contributed by atoms with Crippen LogP contribution in [0.4, 0.5) is 0 Å². The Morgan fingerprint density at radius 1 is 1.33 bits per heavy atom. The van der Waals surface area contributed by atoms with Gasteiger partial charge in [0.15, 0.2) is 0 Å². The number of ether oxygens (including phenoxy) is 1. The molecule has 0 amide bonds. The maximum absolute atomic E-state index is 9.34. The number of likely N-dealkylation sites (tertiary alicyclic amines) is 1. The lowest BCUT2D eigenvalue weighted by atomic mass is 10.1. The fraction of sp³-hybridized carbons (Fsp3) is 0.368. The van der Waals surface area contributed by atoms with Crippen molar-refractivity contribution in [3.63, 3.8) is 0 Å². The highest BCUT2D eigenvalue weighted by Crippen LogP contribution is 2.22. The third-order valence-electron chi connectivity index (χ3n) is 4.04. The van der Waals surface area contributed by atoms with E-state index in [1.54, 1.807) is 0 Å². The van der Waals surface area contributed by atoms with Gasteiger partial charge in [-0.2, -0.15) is 5.26 Å². The highest BCUT2D eigenvalue weighted by Gasteiger charge is 2.10. The minimum absolute atomic E-state index is 0.593. The molecule has 0 unspecified atom stereocenters. The van der Waals surface area contributed by atoms with Crippen molar-refractivity contribution in [3.8, 4) is 11.8 Å². The lowest BCUT2D eigenvalue weighted by molar-refractivity contribution is 0.238. The Balaban J connectivity index is 1.59. The molecule has 1 saturated heterocycles. The summed E-state index contributed by atoms with van der Waals surface area (Å²) in [4.78, 5) is 6.81. The van der Waals surface area contributed by atoms with Crippen molar-refractivity contribution in [3.05, 3.63) is 45.9 Å². The Labute approximate surface area is 147 Å². The largest absolute Gasteiger partial charge is 0.492 e. The van der Waals surface area contributed by atoms with Crippen LogP contribution in [0.1, 0.15) is 29.1 Å². The SMILES string of the molecule is Cc1csc(/C(C#N)=C\c2ccc(OCCN3CCCC3)cc2)n1. The molecule has 24 heavy (non-hydrogen) atoms. The summed E-state index contributed by atoms with van der Waals surface area (Å²) in [5.41, 5.74) is 2.51. The van der Waals surface area contributed by atoms with Crippen LogP contribution >= 0.6 is 11.3 Å². The summed E-state index contributed by atoms with van der Waals surface area (Å²) in [6.07, 6.45) is 4.48. The number of allylic oxidation sites excluding steroid dienone is 1. The van der Waals surface area contributed by atoms with E-state index >= 15 is 0 Å². The number of rotatable bonds is 6. The molecule has 0 saturated carbocycles. The zero-order valence-corrected chi connectivity index (χ0v) is 14.7. The number of hydrogen-bond acceptors (Lipinski definition) is 5. The molecule has 1 aliphatic heterocycles. The molecule has 0 spiro atoms. The molecule has 4 nitrogen and oxygen atoms in total. The van der Waals surface area contributed by atoms with Gasteiger partial charge in [0, 0.05) is 17.6 Å². The first-order valence-corrected chi connectivity index (χ1v) is 9.12. The van der Waals surface area contributed by atoms with Crippen molar-refractivity contribution in [2.45, 2.75) is 19.8 Å².